The molecule has 19 heavy (non-hydrogen) atoms. The summed E-state index contributed by atoms with van der Waals surface area (Å²) in [7, 11) is 1.74. The van der Waals surface area contributed by atoms with E-state index in [9.17, 15) is 4.79 Å². The fourth-order valence-corrected chi connectivity index (χ4v) is 2.58. The van der Waals surface area contributed by atoms with Gasteiger partial charge in [0.15, 0.2) is 0 Å². The number of rotatable bonds is 4. The van der Waals surface area contributed by atoms with Crippen LogP contribution in [0.1, 0.15) is 18.1 Å². The van der Waals surface area contributed by atoms with Crippen LogP contribution in [0.4, 0.5) is 0 Å². The Hall–Kier alpha value is -1.39. The van der Waals surface area contributed by atoms with Crippen molar-refractivity contribution >= 4 is 5.91 Å². The molecule has 104 valence electrons. The highest BCUT2D eigenvalue weighted by Gasteiger charge is 2.26. The smallest absolute Gasteiger partial charge is 0.239 e. The Morgan fingerprint density at radius 2 is 2.11 bits per heavy atom. The molecule has 0 radical (unpaired) electrons. The van der Waals surface area contributed by atoms with Gasteiger partial charge in [-0.25, -0.2) is 0 Å². The quantitative estimate of drug-likeness (QED) is 0.876. The molecular weight excluding hydrogens is 240 g/mol. The lowest BCUT2D eigenvalue weighted by Crippen LogP contribution is -2.48. The van der Waals surface area contributed by atoms with E-state index in [0.29, 0.717) is 6.54 Å². The van der Waals surface area contributed by atoms with Crippen molar-refractivity contribution in [3.63, 3.8) is 0 Å². The molecule has 1 unspecified atom stereocenters. The van der Waals surface area contributed by atoms with Crippen LogP contribution in [0.3, 0.4) is 0 Å². The molecule has 1 aromatic rings. The number of benzene rings is 1. The van der Waals surface area contributed by atoms with Gasteiger partial charge in [0.2, 0.25) is 5.91 Å². The molecule has 1 N–H and O–H groups in total. The number of amides is 1. The minimum Gasteiger partial charge on any atom is -0.395 e. The van der Waals surface area contributed by atoms with Crippen LogP contribution in [0.2, 0.25) is 0 Å². The van der Waals surface area contributed by atoms with Gasteiger partial charge in [-0.05, 0) is 24.5 Å². The molecule has 4 heteroatoms. The van der Waals surface area contributed by atoms with Crippen LogP contribution in [-0.4, -0.2) is 53.6 Å². The SMILES string of the molecule is CC(C(=O)N(C)CCO)N1CCc2ccccc2C1. The lowest BCUT2D eigenvalue weighted by molar-refractivity contribution is -0.135. The van der Waals surface area contributed by atoms with Gasteiger partial charge in [0.25, 0.3) is 0 Å². The van der Waals surface area contributed by atoms with E-state index in [2.05, 4.69) is 23.1 Å². The van der Waals surface area contributed by atoms with E-state index in [1.165, 1.54) is 11.1 Å². The number of aliphatic hydroxyl groups excluding tert-OH is 1. The molecule has 2 rings (SSSR count). The number of aliphatic hydroxyl groups is 1. The standard InChI is InChI=1S/C15H22N2O2/c1-12(15(19)16(2)9-10-18)17-8-7-13-5-3-4-6-14(13)11-17/h3-6,12,18H,7-11H2,1-2H3. The van der Waals surface area contributed by atoms with Gasteiger partial charge < -0.3 is 10.0 Å². The number of nitrogens with zero attached hydrogens (tertiary/aromatic N) is 2. The second-order valence-corrected chi connectivity index (χ2v) is 5.15. The van der Waals surface area contributed by atoms with E-state index in [-0.39, 0.29) is 18.6 Å². The maximum absolute atomic E-state index is 12.2. The van der Waals surface area contributed by atoms with Gasteiger partial charge in [-0.1, -0.05) is 24.3 Å². The summed E-state index contributed by atoms with van der Waals surface area (Å²) in [5.74, 6) is 0.0773. The Balaban J connectivity index is 2.02. The summed E-state index contributed by atoms with van der Waals surface area (Å²) in [5.41, 5.74) is 2.71. The lowest BCUT2D eigenvalue weighted by Gasteiger charge is -2.34. The van der Waals surface area contributed by atoms with Gasteiger partial charge in [-0.15, -0.1) is 0 Å². The average Bonchev–Trinajstić information content (AvgIpc) is 2.45. The molecule has 1 aliphatic rings. The number of hydrogen-bond donors (Lipinski definition) is 1. The first-order valence-corrected chi connectivity index (χ1v) is 6.80. The summed E-state index contributed by atoms with van der Waals surface area (Å²) >= 11 is 0. The van der Waals surface area contributed by atoms with Gasteiger partial charge in [-0.2, -0.15) is 0 Å². The van der Waals surface area contributed by atoms with E-state index in [4.69, 9.17) is 5.11 Å². The largest absolute Gasteiger partial charge is 0.395 e. The first-order chi connectivity index (χ1) is 9.13. The highest BCUT2D eigenvalue weighted by molar-refractivity contribution is 5.81. The lowest BCUT2D eigenvalue weighted by atomic mass is 9.98. The van der Waals surface area contributed by atoms with Crippen LogP contribution in [0.15, 0.2) is 24.3 Å². The molecule has 0 saturated carbocycles. The normalized spacial score (nSPS) is 16.8. The average molecular weight is 262 g/mol. The van der Waals surface area contributed by atoms with Gasteiger partial charge >= 0.3 is 0 Å². The Labute approximate surface area is 114 Å². The molecule has 1 aromatic carbocycles. The van der Waals surface area contributed by atoms with E-state index in [1.807, 2.05) is 13.0 Å². The van der Waals surface area contributed by atoms with Crippen molar-refractivity contribution in [2.24, 2.45) is 0 Å². The van der Waals surface area contributed by atoms with Crippen LogP contribution >= 0.6 is 0 Å². The molecule has 1 aliphatic heterocycles. The first kappa shape index (κ1) is 14.0. The van der Waals surface area contributed by atoms with Crippen LogP contribution in [0.5, 0.6) is 0 Å². The Morgan fingerprint density at radius 1 is 1.42 bits per heavy atom. The minimum absolute atomic E-state index is 0.0117. The molecular formula is C15H22N2O2. The van der Waals surface area contributed by atoms with Crippen molar-refractivity contribution < 1.29 is 9.90 Å². The number of carbonyl (C=O) groups excluding carboxylic acids is 1. The zero-order valence-electron chi connectivity index (χ0n) is 11.7. The highest BCUT2D eigenvalue weighted by atomic mass is 16.3. The molecule has 0 fully saturated rings. The number of likely N-dealkylation sites (N-methyl/N-ethyl adjacent to an activating group) is 1. The predicted molar refractivity (Wildman–Crippen MR) is 74.7 cm³/mol. The van der Waals surface area contributed by atoms with E-state index in [1.54, 1.807) is 11.9 Å². The van der Waals surface area contributed by atoms with Crippen molar-refractivity contribution in [3.8, 4) is 0 Å². The first-order valence-electron chi connectivity index (χ1n) is 6.80. The zero-order chi connectivity index (χ0) is 13.8. The van der Waals surface area contributed by atoms with Gasteiger partial charge in [0.1, 0.15) is 0 Å². The van der Waals surface area contributed by atoms with Crippen molar-refractivity contribution in [1.82, 2.24) is 9.80 Å². The van der Waals surface area contributed by atoms with Crippen LogP contribution in [0, 0.1) is 0 Å². The molecule has 0 aromatic heterocycles. The van der Waals surface area contributed by atoms with Gasteiger partial charge in [0, 0.05) is 26.7 Å². The summed E-state index contributed by atoms with van der Waals surface area (Å²) in [6.45, 7) is 4.10. The summed E-state index contributed by atoms with van der Waals surface area (Å²) < 4.78 is 0. The molecule has 4 nitrogen and oxygen atoms in total. The van der Waals surface area contributed by atoms with Crippen molar-refractivity contribution in [2.75, 3.05) is 26.7 Å². The molecule has 1 amide bonds. The van der Waals surface area contributed by atoms with Crippen molar-refractivity contribution in [3.05, 3.63) is 35.4 Å². The molecule has 0 saturated heterocycles. The molecule has 0 aliphatic carbocycles. The number of fused-ring (bicyclic) bond motifs is 1. The fraction of sp³-hybridized carbons (Fsp3) is 0.533. The Kier molecular flexibility index (Phi) is 4.56. The Morgan fingerprint density at radius 3 is 2.79 bits per heavy atom. The fourth-order valence-electron chi connectivity index (χ4n) is 2.58. The van der Waals surface area contributed by atoms with Crippen molar-refractivity contribution in [2.45, 2.75) is 25.9 Å². The summed E-state index contributed by atoms with van der Waals surface area (Å²) in [5, 5.41) is 8.90. The molecule has 1 atom stereocenters. The topological polar surface area (TPSA) is 43.8 Å². The van der Waals surface area contributed by atoms with E-state index >= 15 is 0 Å². The van der Waals surface area contributed by atoms with Gasteiger partial charge in [0.05, 0.1) is 12.6 Å². The summed E-state index contributed by atoms with van der Waals surface area (Å²) in [4.78, 5) is 16.0. The summed E-state index contributed by atoms with van der Waals surface area (Å²) in [6, 6.07) is 8.28. The van der Waals surface area contributed by atoms with E-state index < -0.39 is 0 Å². The van der Waals surface area contributed by atoms with Crippen LogP contribution in [0.25, 0.3) is 0 Å². The predicted octanol–water partition coefficient (Wildman–Crippen LogP) is 0.884. The monoisotopic (exact) mass is 262 g/mol. The van der Waals surface area contributed by atoms with Crippen LogP contribution < -0.4 is 0 Å². The molecule has 1 heterocycles. The second-order valence-electron chi connectivity index (χ2n) is 5.15. The van der Waals surface area contributed by atoms with E-state index in [0.717, 1.165) is 19.5 Å². The number of hydrogen-bond acceptors (Lipinski definition) is 3. The maximum Gasteiger partial charge on any atom is 0.239 e. The third-order valence-electron chi connectivity index (χ3n) is 3.88. The Bertz CT molecular complexity index is 448. The van der Waals surface area contributed by atoms with Gasteiger partial charge in [-0.3, -0.25) is 9.69 Å². The summed E-state index contributed by atoms with van der Waals surface area (Å²) in [6.07, 6.45) is 0.998. The third kappa shape index (κ3) is 3.14. The van der Waals surface area contributed by atoms with Crippen molar-refractivity contribution in [1.29, 1.82) is 0 Å². The molecule has 0 bridgehead atoms. The third-order valence-corrected chi connectivity index (χ3v) is 3.88. The van der Waals surface area contributed by atoms with Crippen LogP contribution in [-0.2, 0) is 17.8 Å². The highest BCUT2D eigenvalue weighted by Crippen LogP contribution is 2.20. The maximum atomic E-state index is 12.2. The second kappa shape index (κ2) is 6.17. The zero-order valence-corrected chi connectivity index (χ0v) is 11.7. The minimum atomic E-state index is -0.134. The number of carbonyl (C=O) groups is 1. The molecule has 0 spiro atoms.